The van der Waals surface area contributed by atoms with Crippen molar-refractivity contribution in [2.45, 2.75) is 96.8 Å². The Morgan fingerprint density at radius 3 is 1.50 bits per heavy atom. The Balaban J connectivity index is -0.00000162. The normalized spacial score (nSPS) is 10.7. The predicted molar refractivity (Wildman–Crippen MR) is 86.6 cm³/mol. The minimum absolute atomic E-state index is 0. The van der Waals surface area contributed by atoms with Gasteiger partial charge in [-0.1, -0.05) is 70.4 Å². The minimum atomic E-state index is 0. The Labute approximate surface area is 150 Å². The average molecular weight is 290 g/mol. The van der Waals surface area contributed by atoms with E-state index in [1.165, 1.54) is 77.0 Å². The maximum Gasteiger partial charge on any atom is 1.00 e. The zero-order chi connectivity index (χ0) is 14.0. The largest absolute Gasteiger partial charge is 1.00 e. The minimum Gasteiger partial charge on any atom is -1.00 e. The molecule has 0 aromatic rings. The summed E-state index contributed by atoms with van der Waals surface area (Å²) in [6.45, 7) is 2.27. The summed E-state index contributed by atoms with van der Waals surface area (Å²) < 4.78 is 0. The van der Waals surface area contributed by atoms with Gasteiger partial charge in [-0.15, -0.1) is 0 Å². The van der Waals surface area contributed by atoms with Gasteiger partial charge in [0.25, 0.3) is 0 Å². The third-order valence-corrected chi connectivity index (χ3v) is 3.58. The summed E-state index contributed by atoms with van der Waals surface area (Å²) in [6.07, 6.45) is 23.6. The van der Waals surface area contributed by atoms with E-state index < -0.39 is 0 Å². The third kappa shape index (κ3) is 20.7. The second-order valence-electron chi connectivity index (χ2n) is 5.54. The molecule has 0 amide bonds. The summed E-state index contributed by atoms with van der Waals surface area (Å²) in [4.78, 5) is 10.1. The van der Waals surface area contributed by atoms with E-state index in [0.717, 1.165) is 19.1 Å². The topological polar surface area (TPSA) is 17.1 Å². The van der Waals surface area contributed by atoms with E-state index in [2.05, 4.69) is 19.1 Å². The fraction of sp³-hybridized carbons (Fsp3) is 0.833. The standard InChI is InChI=1S/C18H34O.Na.H/c1-2-3-4-5-6-7-8-9-10-11-12-13-14-15-16-17-18-19;;/h9-10,18H,2-8,11-17H2,1H3;;/q;+1;-1/b10-9-;;. The molecule has 0 aliphatic heterocycles. The van der Waals surface area contributed by atoms with Gasteiger partial charge >= 0.3 is 29.6 Å². The second-order valence-corrected chi connectivity index (χ2v) is 5.54. The van der Waals surface area contributed by atoms with Gasteiger partial charge in [-0.05, 0) is 32.1 Å². The van der Waals surface area contributed by atoms with E-state index >= 15 is 0 Å². The molecule has 2 heteroatoms. The number of hydrogen-bond acceptors (Lipinski definition) is 1. The average Bonchev–Trinajstić information content (AvgIpc) is 2.43. The molecular formula is C18H35NaO. The Kier molecular flexibility index (Phi) is 24.6. The molecule has 0 atom stereocenters. The van der Waals surface area contributed by atoms with Crippen LogP contribution in [0.1, 0.15) is 98.2 Å². The van der Waals surface area contributed by atoms with Crippen LogP contribution < -0.4 is 29.6 Å². The van der Waals surface area contributed by atoms with Crippen LogP contribution in [-0.2, 0) is 4.79 Å². The van der Waals surface area contributed by atoms with E-state index in [-0.39, 0.29) is 31.0 Å². The number of carbonyl (C=O) groups is 1. The Hall–Kier alpha value is 0.410. The first kappa shape index (κ1) is 22.7. The molecule has 0 aliphatic rings. The van der Waals surface area contributed by atoms with Gasteiger partial charge in [0.15, 0.2) is 0 Å². The molecule has 0 aliphatic carbocycles. The fourth-order valence-corrected chi connectivity index (χ4v) is 2.30. The summed E-state index contributed by atoms with van der Waals surface area (Å²) in [5.41, 5.74) is 0. The quantitative estimate of drug-likeness (QED) is 0.196. The van der Waals surface area contributed by atoms with Gasteiger partial charge < -0.3 is 6.22 Å². The maximum absolute atomic E-state index is 10.1. The molecule has 1 nitrogen and oxygen atoms in total. The van der Waals surface area contributed by atoms with Gasteiger partial charge in [0.05, 0.1) is 0 Å². The van der Waals surface area contributed by atoms with E-state index in [4.69, 9.17) is 0 Å². The molecule has 0 radical (unpaired) electrons. The number of rotatable bonds is 15. The molecule has 0 saturated heterocycles. The first-order chi connectivity index (χ1) is 9.41. The molecular weight excluding hydrogens is 255 g/mol. The van der Waals surface area contributed by atoms with Crippen LogP contribution in [0.25, 0.3) is 0 Å². The van der Waals surface area contributed by atoms with Crippen LogP contribution in [-0.4, -0.2) is 6.29 Å². The van der Waals surface area contributed by atoms with Crippen molar-refractivity contribution in [2.75, 3.05) is 0 Å². The van der Waals surface area contributed by atoms with Crippen LogP contribution in [0.15, 0.2) is 12.2 Å². The zero-order valence-electron chi connectivity index (χ0n) is 15.0. The molecule has 0 aromatic carbocycles. The maximum atomic E-state index is 10.1. The molecule has 0 fully saturated rings. The fourth-order valence-electron chi connectivity index (χ4n) is 2.30. The summed E-state index contributed by atoms with van der Waals surface area (Å²) in [5, 5.41) is 0. The number of unbranched alkanes of at least 4 members (excludes halogenated alkanes) is 12. The van der Waals surface area contributed by atoms with Crippen LogP contribution >= 0.6 is 0 Å². The first-order valence-electron chi connectivity index (χ1n) is 8.50. The molecule has 0 rings (SSSR count). The van der Waals surface area contributed by atoms with E-state index in [1.807, 2.05) is 0 Å². The summed E-state index contributed by atoms with van der Waals surface area (Å²) >= 11 is 0. The molecule has 0 saturated carbocycles. The zero-order valence-corrected chi connectivity index (χ0v) is 16.0. The third-order valence-electron chi connectivity index (χ3n) is 3.58. The van der Waals surface area contributed by atoms with Crippen molar-refractivity contribution in [3.8, 4) is 0 Å². The SMILES string of the molecule is CCCCCCCC/C=C\CCCCCCCC=O.[H-].[Na+]. The Bertz CT molecular complexity index is 207. The van der Waals surface area contributed by atoms with Gasteiger partial charge in [-0.3, -0.25) is 0 Å². The van der Waals surface area contributed by atoms with Crippen LogP contribution in [0, 0.1) is 0 Å². The van der Waals surface area contributed by atoms with Crippen molar-refractivity contribution in [3.05, 3.63) is 12.2 Å². The van der Waals surface area contributed by atoms with Crippen molar-refractivity contribution in [2.24, 2.45) is 0 Å². The van der Waals surface area contributed by atoms with Gasteiger partial charge in [-0.25, -0.2) is 0 Å². The predicted octanol–water partition coefficient (Wildman–Crippen LogP) is 3.34. The van der Waals surface area contributed by atoms with Crippen molar-refractivity contribution >= 4 is 6.29 Å². The smallest absolute Gasteiger partial charge is 1.00 e. The van der Waals surface area contributed by atoms with Gasteiger partial charge in [-0.2, -0.15) is 0 Å². The molecule has 0 spiro atoms. The molecule has 114 valence electrons. The van der Waals surface area contributed by atoms with Crippen molar-refractivity contribution in [1.82, 2.24) is 0 Å². The van der Waals surface area contributed by atoms with Gasteiger partial charge in [0.1, 0.15) is 6.29 Å². The van der Waals surface area contributed by atoms with Crippen molar-refractivity contribution in [1.29, 1.82) is 0 Å². The molecule has 0 aromatic heterocycles. The molecule has 0 heterocycles. The van der Waals surface area contributed by atoms with E-state index in [0.29, 0.717) is 0 Å². The summed E-state index contributed by atoms with van der Waals surface area (Å²) in [7, 11) is 0. The Morgan fingerprint density at radius 1 is 0.650 bits per heavy atom. The van der Waals surface area contributed by atoms with Gasteiger partial charge in [0, 0.05) is 6.42 Å². The van der Waals surface area contributed by atoms with Crippen LogP contribution in [0.5, 0.6) is 0 Å². The second kappa shape index (κ2) is 21.7. The monoisotopic (exact) mass is 290 g/mol. The van der Waals surface area contributed by atoms with Crippen molar-refractivity contribution < 1.29 is 35.8 Å². The van der Waals surface area contributed by atoms with Crippen LogP contribution in [0.2, 0.25) is 0 Å². The summed E-state index contributed by atoms with van der Waals surface area (Å²) in [6, 6.07) is 0. The molecule has 0 unspecified atom stereocenters. The Morgan fingerprint density at radius 2 is 1.05 bits per heavy atom. The number of hydrogen-bond donors (Lipinski definition) is 0. The summed E-state index contributed by atoms with van der Waals surface area (Å²) in [5.74, 6) is 0. The van der Waals surface area contributed by atoms with E-state index in [9.17, 15) is 4.79 Å². The number of allylic oxidation sites excluding steroid dienone is 2. The molecule has 20 heavy (non-hydrogen) atoms. The number of aldehydes is 1. The number of carbonyl (C=O) groups excluding carboxylic acids is 1. The van der Waals surface area contributed by atoms with Gasteiger partial charge in [0.2, 0.25) is 0 Å². The van der Waals surface area contributed by atoms with Crippen LogP contribution in [0.3, 0.4) is 0 Å². The first-order valence-corrected chi connectivity index (χ1v) is 8.50. The van der Waals surface area contributed by atoms with E-state index in [1.54, 1.807) is 0 Å². The molecule has 0 N–H and O–H groups in total. The van der Waals surface area contributed by atoms with Crippen molar-refractivity contribution in [3.63, 3.8) is 0 Å². The molecule has 0 bridgehead atoms. The van der Waals surface area contributed by atoms with Crippen LogP contribution in [0.4, 0.5) is 0 Å².